The van der Waals surface area contributed by atoms with E-state index in [-0.39, 0.29) is 0 Å². The lowest BCUT2D eigenvalue weighted by molar-refractivity contribution is -0.0494. The van der Waals surface area contributed by atoms with Crippen molar-refractivity contribution in [2.75, 3.05) is 0 Å². The molecular formula is C6H12O3. The minimum Gasteiger partial charge on any atom is -0.393 e. The van der Waals surface area contributed by atoms with E-state index in [0.29, 0.717) is 19.3 Å². The van der Waals surface area contributed by atoms with Crippen LogP contribution in [0, 0.1) is 0 Å². The molecule has 1 rings (SSSR count). The highest BCUT2D eigenvalue weighted by Crippen LogP contribution is 2.18. The van der Waals surface area contributed by atoms with Gasteiger partial charge in [0, 0.05) is 6.42 Å². The van der Waals surface area contributed by atoms with E-state index in [0.717, 1.165) is 0 Å². The first-order valence-electron chi connectivity index (χ1n) is 3.24. The Kier molecular flexibility index (Phi) is 2.05. The Morgan fingerprint density at radius 2 is 1.56 bits per heavy atom. The number of hydrogen-bond donors (Lipinski definition) is 3. The first kappa shape index (κ1) is 6.99. The normalized spacial score (nSPS) is 45.0. The quantitative estimate of drug-likeness (QED) is 0.406. The number of hydrogen-bond acceptors (Lipinski definition) is 3. The topological polar surface area (TPSA) is 60.7 Å². The van der Waals surface area contributed by atoms with Crippen LogP contribution in [0.25, 0.3) is 0 Å². The van der Waals surface area contributed by atoms with Crippen LogP contribution in [-0.2, 0) is 0 Å². The van der Waals surface area contributed by atoms with E-state index in [1.165, 1.54) is 0 Å². The summed E-state index contributed by atoms with van der Waals surface area (Å²) in [7, 11) is 0. The second-order valence-electron chi connectivity index (χ2n) is 2.60. The maximum atomic E-state index is 8.94. The van der Waals surface area contributed by atoms with Crippen molar-refractivity contribution in [2.45, 2.75) is 37.6 Å². The molecule has 3 nitrogen and oxygen atoms in total. The number of aliphatic hydroxyl groups is 3. The maximum absolute atomic E-state index is 8.94. The van der Waals surface area contributed by atoms with Crippen LogP contribution in [0.5, 0.6) is 0 Å². The molecule has 54 valence electrons. The summed E-state index contributed by atoms with van der Waals surface area (Å²) in [6, 6.07) is 0. The molecule has 0 bridgehead atoms. The monoisotopic (exact) mass is 132 g/mol. The Morgan fingerprint density at radius 1 is 0.889 bits per heavy atom. The molecule has 1 saturated carbocycles. The maximum Gasteiger partial charge on any atom is 0.0823 e. The van der Waals surface area contributed by atoms with Crippen LogP contribution in [0.4, 0.5) is 0 Å². The SMILES string of the molecule is O[C@@H]1CC[C@@H](O)[C@@H](O)C1. The first-order valence-corrected chi connectivity index (χ1v) is 3.24. The summed E-state index contributed by atoms with van der Waals surface area (Å²) in [5, 5.41) is 26.8. The van der Waals surface area contributed by atoms with Crippen LogP contribution >= 0.6 is 0 Å². The fourth-order valence-electron chi connectivity index (χ4n) is 1.11. The lowest BCUT2D eigenvalue weighted by Crippen LogP contribution is -2.35. The Labute approximate surface area is 53.9 Å². The third-order valence-electron chi connectivity index (χ3n) is 1.75. The van der Waals surface area contributed by atoms with Gasteiger partial charge in [-0.3, -0.25) is 0 Å². The van der Waals surface area contributed by atoms with Crippen molar-refractivity contribution >= 4 is 0 Å². The van der Waals surface area contributed by atoms with Crippen LogP contribution in [0.15, 0.2) is 0 Å². The molecule has 9 heavy (non-hydrogen) atoms. The predicted molar refractivity (Wildman–Crippen MR) is 31.9 cm³/mol. The summed E-state index contributed by atoms with van der Waals surface area (Å²) < 4.78 is 0. The molecule has 0 spiro atoms. The van der Waals surface area contributed by atoms with Crippen molar-refractivity contribution in [3.8, 4) is 0 Å². The van der Waals surface area contributed by atoms with Crippen molar-refractivity contribution in [1.82, 2.24) is 0 Å². The second kappa shape index (κ2) is 2.64. The summed E-state index contributed by atoms with van der Waals surface area (Å²) >= 11 is 0. The zero-order valence-corrected chi connectivity index (χ0v) is 5.20. The van der Waals surface area contributed by atoms with E-state index >= 15 is 0 Å². The van der Waals surface area contributed by atoms with Gasteiger partial charge in [-0.15, -0.1) is 0 Å². The van der Waals surface area contributed by atoms with Crippen molar-refractivity contribution in [2.24, 2.45) is 0 Å². The van der Waals surface area contributed by atoms with Gasteiger partial charge in [-0.25, -0.2) is 0 Å². The van der Waals surface area contributed by atoms with Gasteiger partial charge in [-0.1, -0.05) is 0 Å². The highest BCUT2D eigenvalue weighted by molar-refractivity contribution is 4.77. The smallest absolute Gasteiger partial charge is 0.0823 e. The molecule has 3 N–H and O–H groups in total. The van der Waals surface area contributed by atoms with Crippen molar-refractivity contribution in [3.05, 3.63) is 0 Å². The van der Waals surface area contributed by atoms with Gasteiger partial charge in [-0.2, -0.15) is 0 Å². The van der Waals surface area contributed by atoms with Gasteiger partial charge in [0.2, 0.25) is 0 Å². The molecule has 1 fully saturated rings. The third-order valence-corrected chi connectivity index (χ3v) is 1.75. The molecule has 1 aliphatic carbocycles. The zero-order chi connectivity index (χ0) is 6.85. The molecule has 3 heteroatoms. The second-order valence-corrected chi connectivity index (χ2v) is 2.60. The van der Waals surface area contributed by atoms with Gasteiger partial charge in [-0.05, 0) is 12.8 Å². The van der Waals surface area contributed by atoms with Crippen LogP contribution in [-0.4, -0.2) is 33.6 Å². The fourth-order valence-corrected chi connectivity index (χ4v) is 1.11. The Morgan fingerprint density at radius 3 is 2.00 bits per heavy atom. The lowest BCUT2D eigenvalue weighted by Gasteiger charge is -2.26. The molecular weight excluding hydrogens is 120 g/mol. The summed E-state index contributed by atoms with van der Waals surface area (Å²) in [6.07, 6.45) is -0.299. The lowest BCUT2D eigenvalue weighted by atomic mass is 9.93. The van der Waals surface area contributed by atoms with Crippen molar-refractivity contribution in [1.29, 1.82) is 0 Å². The van der Waals surface area contributed by atoms with Gasteiger partial charge in [0.1, 0.15) is 0 Å². The van der Waals surface area contributed by atoms with Crippen molar-refractivity contribution in [3.63, 3.8) is 0 Å². The first-order chi connectivity index (χ1) is 4.20. The van der Waals surface area contributed by atoms with E-state index < -0.39 is 18.3 Å². The standard InChI is InChI=1S/C6H12O3/c7-4-1-2-5(8)6(9)3-4/h4-9H,1-3H2/t4-,5-,6+/m1/s1. The molecule has 0 aromatic rings. The highest BCUT2D eigenvalue weighted by atomic mass is 16.3. The van der Waals surface area contributed by atoms with Gasteiger partial charge in [0.05, 0.1) is 18.3 Å². The van der Waals surface area contributed by atoms with E-state index in [1.54, 1.807) is 0 Å². The minimum absolute atomic E-state index is 0.321. The van der Waals surface area contributed by atoms with E-state index in [2.05, 4.69) is 0 Å². The Balaban J connectivity index is 2.35. The van der Waals surface area contributed by atoms with Gasteiger partial charge >= 0.3 is 0 Å². The fraction of sp³-hybridized carbons (Fsp3) is 1.00. The molecule has 3 atom stereocenters. The molecule has 1 aliphatic rings. The highest BCUT2D eigenvalue weighted by Gasteiger charge is 2.25. The van der Waals surface area contributed by atoms with Crippen LogP contribution in [0.3, 0.4) is 0 Å². The van der Waals surface area contributed by atoms with Gasteiger partial charge in [0.15, 0.2) is 0 Å². The van der Waals surface area contributed by atoms with E-state index in [4.69, 9.17) is 15.3 Å². The zero-order valence-electron chi connectivity index (χ0n) is 5.20. The molecule has 0 aromatic carbocycles. The molecule has 0 saturated heterocycles. The summed E-state index contributed by atoms with van der Waals surface area (Å²) in [5.74, 6) is 0. The number of aliphatic hydroxyl groups excluding tert-OH is 3. The van der Waals surface area contributed by atoms with E-state index in [1.807, 2.05) is 0 Å². The predicted octanol–water partition coefficient (Wildman–Crippen LogP) is -0.747. The van der Waals surface area contributed by atoms with E-state index in [9.17, 15) is 0 Å². The van der Waals surface area contributed by atoms with Crippen molar-refractivity contribution < 1.29 is 15.3 Å². The molecule has 0 aromatic heterocycles. The third kappa shape index (κ3) is 1.64. The van der Waals surface area contributed by atoms with Gasteiger partial charge < -0.3 is 15.3 Å². The minimum atomic E-state index is -0.714. The molecule has 0 amide bonds. The van der Waals surface area contributed by atoms with Crippen LogP contribution in [0.2, 0.25) is 0 Å². The molecule has 0 heterocycles. The molecule has 0 unspecified atom stereocenters. The van der Waals surface area contributed by atoms with Crippen LogP contribution in [0.1, 0.15) is 19.3 Å². The summed E-state index contributed by atoms with van der Waals surface area (Å²) in [4.78, 5) is 0. The number of rotatable bonds is 0. The molecule has 0 aliphatic heterocycles. The summed E-state index contributed by atoms with van der Waals surface area (Å²) in [5.41, 5.74) is 0. The Hall–Kier alpha value is -0.120. The molecule has 0 radical (unpaired) electrons. The largest absolute Gasteiger partial charge is 0.393 e. The van der Waals surface area contributed by atoms with Gasteiger partial charge in [0.25, 0.3) is 0 Å². The summed E-state index contributed by atoms with van der Waals surface area (Å²) in [6.45, 7) is 0. The van der Waals surface area contributed by atoms with Crippen LogP contribution < -0.4 is 0 Å². The average molecular weight is 132 g/mol. The Bertz CT molecular complexity index is 94.3. The average Bonchev–Trinajstić information content (AvgIpc) is 1.80.